The van der Waals surface area contributed by atoms with E-state index in [0.717, 1.165) is 0 Å². The van der Waals surface area contributed by atoms with Crippen molar-refractivity contribution in [3.8, 4) is 0 Å². The Labute approximate surface area is 102 Å². The molecule has 2 fully saturated rings. The number of carbonyl (C=O) groups is 2. The molecule has 0 N–H and O–H groups in total. The summed E-state index contributed by atoms with van der Waals surface area (Å²) in [6.07, 6.45) is 3.31. The molecule has 0 saturated carbocycles. The summed E-state index contributed by atoms with van der Waals surface area (Å²) in [6.45, 7) is 7.84. The Hall–Kier alpha value is -1.16. The average Bonchev–Trinajstić information content (AvgIpc) is 2.41. The van der Waals surface area contributed by atoms with Gasteiger partial charge in [-0.3, -0.25) is 14.5 Å². The molecule has 0 aromatic heterocycles. The van der Waals surface area contributed by atoms with Crippen molar-refractivity contribution in [1.82, 2.24) is 4.90 Å². The highest BCUT2D eigenvalue weighted by molar-refractivity contribution is 6.06. The normalized spacial score (nSPS) is 37.9. The van der Waals surface area contributed by atoms with Crippen LogP contribution >= 0.6 is 0 Å². The Morgan fingerprint density at radius 1 is 1.41 bits per heavy atom. The first-order chi connectivity index (χ1) is 7.98. The lowest BCUT2D eigenvalue weighted by Crippen LogP contribution is -2.44. The van der Waals surface area contributed by atoms with Crippen molar-refractivity contribution in [3.05, 3.63) is 12.7 Å². The SMILES string of the molecule is C=CCN1C(=O)CC2(C[C@@H](C)O[C@@H](C)C2)C1=O. The predicted octanol–water partition coefficient (Wildman–Crippen LogP) is 1.51. The van der Waals surface area contributed by atoms with E-state index < -0.39 is 5.41 Å². The molecule has 2 amide bonds. The summed E-state index contributed by atoms with van der Waals surface area (Å²) in [4.78, 5) is 25.6. The van der Waals surface area contributed by atoms with E-state index in [2.05, 4.69) is 6.58 Å². The molecule has 17 heavy (non-hydrogen) atoms. The van der Waals surface area contributed by atoms with Crippen LogP contribution in [-0.2, 0) is 14.3 Å². The number of nitrogens with zero attached hydrogens (tertiary/aromatic N) is 1. The molecule has 0 bridgehead atoms. The molecule has 2 rings (SSSR count). The molecule has 1 spiro atoms. The van der Waals surface area contributed by atoms with Gasteiger partial charge in [0, 0.05) is 13.0 Å². The van der Waals surface area contributed by atoms with Crippen molar-refractivity contribution >= 4 is 11.8 Å². The van der Waals surface area contributed by atoms with Crippen LogP contribution in [0, 0.1) is 5.41 Å². The molecule has 2 heterocycles. The van der Waals surface area contributed by atoms with Crippen LogP contribution in [-0.4, -0.2) is 35.5 Å². The molecule has 0 radical (unpaired) electrons. The molecular formula is C13H19NO3. The minimum atomic E-state index is -0.517. The van der Waals surface area contributed by atoms with E-state index in [-0.39, 0.29) is 24.0 Å². The third kappa shape index (κ3) is 2.02. The van der Waals surface area contributed by atoms with E-state index in [1.165, 1.54) is 4.90 Å². The molecule has 3 atom stereocenters. The molecule has 0 aromatic rings. The second kappa shape index (κ2) is 4.26. The Morgan fingerprint density at radius 3 is 2.53 bits per heavy atom. The molecule has 4 nitrogen and oxygen atoms in total. The quantitative estimate of drug-likeness (QED) is 0.540. The number of ether oxygens (including phenoxy) is 1. The fraction of sp³-hybridized carbons (Fsp3) is 0.692. The molecule has 2 saturated heterocycles. The van der Waals surface area contributed by atoms with Crippen LogP contribution in [0.2, 0.25) is 0 Å². The summed E-state index contributed by atoms with van der Waals surface area (Å²) in [6, 6.07) is 0. The van der Waals surface area contributed by atoms with E-state index in [1.54, 1.807) is 6.08 Å². The lowest BCUT2D eigenvalue weighted by molar-refractivity contribution is -0.149. The van der Waals surface area contributed by atoms with E-state index in [0.29, 0.717) is 25.8 Å². The first-order valence-corrected chi connectivity index (χ1v) is 6.10. The summed E-state index contributed by atoms with van der Waals surface area (Å²) in [7, 11) is 0. The van der Waals surface area contributed by atoms with E-state index in [4.69, 9.17) is 4.74 Å². The van der Waals surface area contributed by atoms with Gasteiger partial charge in [-0.1, -0.05) is 6.08 Å². The van der Waals surface area contributed by atoms with Crippen molar-refractivity contribution in [3.63, 3.8) is 0 Å². The maximum atomic E-state index is 12.4. The van der Waals surface area contributed by atoms with Gasteiger partial charge in [0.1, 0.15) is 0 Å². The van der Waals surface area contributed by atoms with Gasteiger partial charge in [-0.25, -0.2) is 0 Å². The summed E-state index contributed by atoms with van der Waals surface area (Å²) < 4.78 is 5.65. The third-order valence-corrected chi connectivity index (χ3v) is 3.62. The molecule has 2 aliphatic heterocycles. The number of likely N-dealkylation sites (tertiary alicyclic amines) is 1. The van der Waals surface area contributed by atoms with Gasteiger partial charge < -0.3 is 4.74 Å². The second-order valence-corrected chi connectivity index (χ2v) is 5.22. The van der Waals surface area contributed by atoms with Gasteiger partial charge in [0.05, 0.1) is 17.6 Å². The first-order valence-electron chi connectivity index (χ1n) is 6.10. The van der Waals surface area contributed by atoms with Crippen molar-refractivity contribution in [1.29, 1.82) is 0 Å². The molecule has 2 aliphatic rings. The topological polar surface area (TPSA) is 46.6 Å². The van der Waals surface area contributed by atoms with Crippen LogP contribution in [0.3, 0.4) is 0 Å². The van der Waals surface area contributed by atoms with Crippen LogP contribution in [0.15, 0.2) is 12.7 Å². The molecule has 0 aliphatic carbocycles. The van der Waals surface area contributed by atoms with E-state index >= 15 is 0 Å². The minimum Gasteiger partial charge on any atom is -0.375 e. The van der Waals surface area contributed by atoms with Crippen LogP contribution in [0.5, 0.6) is 0 Å². The van der Waals surface area contributed by atoms with Crippen LogP contribution < -0.4 is 0 Å². The highest BCUT2D eigenvalue weighted by Gasteiger charge is 2.54. The fourth-order valence-corrected chi connectivity index (χ4v) is 3.17. The second-order valence-electron chi connectivity index (χ2n) is 5.22. The van der Waals surface area contributed by atoms with Gasteiger partial charge in [-0.05, 0) is 26.7 Å². The first kappa shape index (κ1) is 12.3. The number of hydrogen-bond donors (Lipinski definition) is 0. The summed E-state index contributed by atoms with van der Waals surface area (Å²) >= 11 is 0. The van der Waals surface area contributed by atoms with Crippen molar-refractivity contribution < 1.29 is 14.3 Å². The Morgan fingerprint density at radius 2 is 2.00 bits per heavy atom. The smallest absolute Gasteiger partial charge is 0.236 e. The number of imide groups is 1. The number of amides is 2. The fourth-order valence-electron chi connectivity index (χ4n) is 3.17. The number of carbonyl (C=O) groups excluding carboxylic acids is 2. The zero-order chi connectivity index (χ0) is 12.6. The molecule has 1 unspecified atom stereocenters. The van der Waals surface area contributed by atoms with Crippen LogP contribution in [0.1, 0.15) is 33.1 Å². The lowest BCUT2D eigenvalue weighted by Gasteiger charge is -2.38. The summed E-state index contributed by atoms with van der Waals surface area (Å²) in [5.74, 6) is -0.111. The molecule has 94 valence electrons. The van der Waals surface area contributed by atoms with Crippen molar-refractivity contribution in [2.24, 2.45) is 5.41 Å². The summed E-state index contributed by atoms with van der Waals surface area (Å²) in [5, 5.41) is 0. The number of rotatable bonds is 2. The zero-order valence-corrected chi connectivity index (χ0v) is 10.4. The molecule has 0 aromatic carbocycles. The molecule has 4 heteroatoms. The van der Waals surface area contributed by atoms with Crippen LogP contribution in [0.25, 0.3) is 0 Å². The Bertz CT molecular complexity index is 354. The minimum absolute atomic E-state index is 0.0376. The summed E-state index contributed by atoms with van der Waals surface area (Å²) in [5.41, 5.74) is -0.517. The highest BCUT2D eigenvalue weighted by atomic mass is 16.5. The zero-order valence-electron chi connectivity index (χ0n) is 10.4. The standard InChI is InChI=1S/C13H19NO3/c1-4-5-14-11(15)8-13(12(14)16)6-9(2)17-10(3)7-13/h4,9-10H,1,5-8H2,2-3H3/t9-,10+,13?. The van der Waals surface area contributed by atoms with E-state index in [9.17, 15) is 9.59 Å². The van der Waals surface area contributed by atoms with Gasteiger partial charge in [0.2, 0.25) is 11.8 Å². The van der Waals surface area contributed by atoms with Gasteiger partial charge in [0.25, 0.3) is 0 Å². The monoisotopic (exact) mass is 237 g/mol. The number of hydrogen-bond acceptors (Lipinski definition) is 3. The lowest BCUT2D eigenvalue weighted by atomic mass is 9.74. The maximum absolute atomic E-state index is 12.4. The van der Waals surface area contributed by atoms with Crippen molar-refractivity contribution in [2.75, 3.05) is 6.54 Å². The maximum Gasteiger partial charge on any atom is 0.236 e. The third-order valence-electron chi connectivity index (χ3n) is 3.62. The predicted molar refractivity (Wildman–Crippen MR) is 63.2 cm³/mol. The Kier molecular flexibility index (Phi) is 3.08. The largest absolute Gasteiger partial charge is 0.375 e. The van der Waals surface area contributed by atoms with E-state index in [1.807, 2.05) is 13.8 Å². The Balaban J connectivity index is 2.24. The van der Waals surface area contributed by atoms with Gasteiger partial charge in [-0.2, -0.15) is 0 Å². The highest BCUT2D eigenvalue weighted by Crippen LogP contribution is 2.45. The average molecular weight is 237 g/mol. The van der Waals surface area contributed by atoms with Gasteiger partial charge in [-0.15, -0.1) is 6.58 Å². The van der Waals surface area contributed by atoms with Gasteiger partial charge >= 0.3 is 0 Å². The molecular weight excluding hydrogens is 218 g/mol. The van der Waals surface area contributed by atoms with Crippen LogP contribution in [0.4, 0.5) is 0 Å². The van der Waals surface area contributed by atoms with Crippen molar-refractivity contribution in [2.45, 2.75) is 45.3 Å². The van der Waals surface area contributed by atoms with Gasteiger partial charge in [0.15, 0.2) is 0 Å².